The molecule has 0 atom stereocenters. The Kier molecular flexibility index (Phi) is 11.3. The van der Waals surface area contributed by atoms with Gasteiger partial charge in [0.1, 0.15) is 0 Å². The van der Waals surface area contributed by atoms with Crippen LogP contribution in [0, 0.1) is 0 Å². The maximum atomic E-state index is 9.55. The standard InChI is InChI=1S/C4H4O4.2CH3.Sn/c5-3(6)1-2-4(7)8;;;/h1-2H,(H,5,6)(H,7,8);2*1H3;/b2-1-;;;. The number of hydrogen-bond acceptors (Lipinski definition) is 2. The molecule has 0 bridgehead atoms. The molecule has 0 amide bonds. The number of hydrogen-bond donors (Lipinski definition) is 2. The molecule has 0 saturated heterocycles. The molecule has 62 valence electrons. The van der Waals surface area contributed by atoms with Gasteiger partial charge < -0.3 is 10.2 Å². The molecular formula is C6H10O4Sn. The van der Waals surface area contributed by atoms with E-state index in [1.54, 1.807) is 0 Å². The Morgan fingerprint density at radius 2 is 1.27 bits per heavy atom. The van der Waals surface area contributed by atoms with Crippen molar-refractivity contribution in [1.82, 2.24) is 0 Å². The van der Waals surface area contributed by atoms with Gasteiger partial charge in [0.15, 0.2) is 0 Å². The third kappa shape index (κ3) is 26.4. The normalized spacial score (nSPS) is 8.55. The van der Waals surface area contributed by atoms with Crippen molar-refractivity contribution in [3.63, 3.8) is 0 Å². The Balaban J connectivity index is 0. The van der Waals surface area contributed by atoms with E-state index in [2.05, 4.69) is 9.88 Å². The molecule has 0 aromatic heterocycles. The van der Waals surface area contributed by atoms with Crippen LogP contribution < -0.4 is 0 Å². The molecule has 0 aliphatic rings. The molecule has 0 aliphatic heterocycles. The van der Waals surface area contributed by atoms with Crippen LogP contribution in [0.1, 0.15) is 0 Å². The van der Waals surface area contributed by atoms with Crippen molar-refractivity contribution in [3.05, 3.63) is 12.2 Å². The molecule has 0 rings (SSSR count). The van der Waals surface area contributed by atoms with E-state index in [1.165, 1.54) is 0 Å². The van der Waals surface area contributed by atoms with E-state index in [4.69, 9.17) is 10.2 Å². The molecule has 0 spiro atoms. The van der Waals surface area contributed by atoms with Crippen LogP contribution in [-0.4, -0.2) is 43.3 Å². The van der Waals surface area contributed by atoms with E-state index in [-0.39, 0.29) is 21.1 Å². The maximum absolute atomic E-state index is 9.55. The quantitative estimate of drug-likeness (QED) is 0.563. The third-order valence-electron chi connectivity index (χ3n) is 0.368. The second-order valence-electron chi connectivity index (χ2n) is 1.51. The summed E-state index contributed by atoms with van der Waals surface area (Å²) in [6.45, 7) is 0. The molecule has 2 radical (unpaired) electrons. The summed E-state index contributed by atoms with van der Waals surface area (Å²) in [6, 6.07) is 0. The second-order valence-corrected chi connectivity index (χ2v) is 4.36. The van der Waals surface area contributed by atoms with Gasteiger partial charge in [-0.25, -0.2) is 9.59 Å². The first-order valence-electron chi connectivity index (χ1n) is 2.77. The van der Waals surface area contributed by atoms with Gasteiger partial charge >= 0.3 is 43.0 Å². The fourth-order valence-electron chi connectivity index (χ4n) is 0.143. The van der Waals surface area contributed by atoms with Crippen molar-refractivity contribution in [3.8, 4) is 0 Å². The Labute approximate surface area is 75.1 Å². The average Bonchev–Trinajstić information content (AvgIpc) is 1.85. The molecule has 0 fully saturated rings. The monoisotopic (exact) mass is 266 g/mol. The summed E-state index contributed by atoms with van der Waals surface area (Å²) in [5, 5.41) is 15.6. The summed E-state index contributed by atoms with van der Waals surface area (Å²) >= 11 is 0.230. The summed E-state index contributed by atoms with van der Waals surface area (Å²) in [4.78, 5) is 23.7. The third-order valence-corrected chi connectivity index (χ3v) is 0.368. The van der Waals surface area contributed by atoms with Gasteiger partial charge in [0.2, 0.25) is 0 Å². The SMILES string of the molecule is O=C(O)/C=C\C(=O)O.[CH3][Sn][CH3]. The number of carbonyl (C=O) groups is 2. The van der Waals surface area contributed by atoms with Crippen molar-refractivity contribution in [2.45, 2.75) is 9.88 Å². The topological polar surface area (TPSA) is 74.6 Å². The van der Waals surface area contributed by atoms with Crippen LogP contribution in [0.4, 0.5) is 0 Å². The van der Waals surface area contributed by atoms with Gasteiger partial charge in [-0.15, -0.1) is 0 Å². The van der Waals surface area contributed by atoms with E-state index in [9.17, 15) is 9.59 Å². The van der Waals surface area contributed by atoms with Crippen LogP contribution in [0.3, 0.4) is 0 Å². The van der Waals surface area contributed by atoms with Crippen LogP contribution in [0.25, 0.3) is 0 Å². The van der Waals surface area contributed by atoms with Gasteiger partial charge in [-0.1, -0.05) is 0 Å². The summed E-state index contributed by atoms with van der Waals surface area (Å²) in [6.07, 6.45) is 1.12. The number of carboxylic acids is 2. The molecule has 0 aliphatic carbocycles. The van der Waals surface area contributed by atoms with Gasteiger partial charge in [-0.3, -0.25) is 0 Å². The van der Waals surface area contributed by atoms with Crippen LogP contribution in [0.15, 0.2) is 12.2 Å². The fourth-order valence-corrected chi connectivity index (χ4v) is 0.143. The number of rotatable bonds is 2. The van der Waals surface area contributed by atoms with E-state index >= 15 is 0 Å². The Morgan fingerprint density at radius 1 is 1.09 bits per heavy atom. The molecular weight excluding hydrogens is 255 g/mol. The van der Waals surface area contributed by atoms with E-state index in [0.29, 0.717) is 12.2 Å². The van der Waals surface area contributed by atoms with Crippen molar-refractivity contribution in [2.24, 2.45) is 0 Å². The zero-order valence-corrected chi connectivity index (χ0v) is 9.22. The van der Waals surface area contributed by atoms with E-state index < -0.39 is 11.9 Å². The molecule has 4 nitrogen and oxygen atoms in total. The predicted molar refractivity (Wildman–Crippen MR) is 41.9 cm³/mol. The summed E-state index contributed by atoms with van der Waals surface area (Å²) in [5.74, 6) is -2.51. The first-order chi connectivity index (χ1) is 5.04. The molecule has 5 heteroatoms. The summed E-state index contributed by atoms with van der Waals surface area (Å²) in [7, 11) is 0. The van der Waals surface area contributed by atoms with Crippen molar-refractivity contribution < 1.29 is 19.8 Å². The second kappa shape index (κ2) is 9.48. The number of carboxylic acid groups (broad SMARTS) is 2. The Hall–Kier alpha value is -0.521. The molecule has 0 unspecified atom stereocenters. The van der Waals surface area contributed by atoms with Gasteiger partial charge in [0.05, 0.1) is 0 Å². The molecule has 0 saturated carbocycles. The first kappa shape index (κ1) is 13.1. The van der Waals surface area contributed by atoms with Crippen LogP contribution in [0.2, 0.25) is 9.88 Å². The fraction of sp³-hybridized carbons (Fsp3) is 0.333. The molecule has 0 aromatic rings. The van der Waals surface area contributed by atoms with Crippen LogP contribution >= 0.6 is 0 Å². The first-order valence-corrected chi connectivity index (χ1v) is 8.47. The number of aliphatic carboxylic acids is 2. The zero-order chi connectivity index (χ0) is 9.28. The molecule has 11 heavy (non-hydrogen) atoms. The summed E-state index contributed by atoms with van der Waals surface area (Å²) in [5.41, 5.74) is 0. The zero-order valence-electron chi connectivity index (χ0n) is 6.37. The van der Waals surface area contributed by atoms with E-state index in [1.807, 2.05) is 0 Å². The minimum atomic E-state index is -1.26. The van der Waals surface area contributed by atoms with Crippen molar-refractivity contribution >= 4 is 33.1 Å². The molecule has 0 heterocycles. The van der Waals surface area contributed by atoms with Crippen molar-refractivity contribution in [1.29, 1.82) is 0 Å². The van der Waals surface area contributed by atoms with Gasteiger partial charge in [0, 0.05) is 12.2 Å². The van der Waals surface area contributed by atoms with Gasteiger partial charge in [0.25, 0.3) is 0 Å². The molecule has 0 aromatic carbocycles. The van der Waals surface area contributed by atoms with Crippen LogP contribution in [-0.2, 0) is 9.59 Å². The average molecular weight is 265 g/mol. The van der Waals surface area contributed by atoms with Gasteiger partial charge in [-0.2, -0.15) is 0 Å². The van der Waals surface area contributed by atoms with Crippen molar-refractivity contribution in [2.75, 3.05) is 0 Å². The Morgan fingerprint density at radius 3 is 1.36 bits per heavy atom. The minimum absolute atomic E-state index is 0.230. The predicted octanol–water partition coefficient (Wildman–Crippen LogP) is 0.499. The van der Waals surface area contributed by atoms with Gasteiger partial charge in [-0.05, 0) is 0 Å². The molecule has 2 N–H and O–H groups in total. The summed E-state index contributed by atoms with van der Waals surface area (Å²) < 4.78 is 0. The van der Waals surface area contributed by atoms with E-state index in [0.717, 1.165) is 0 Å². The Bertz CT molecular complexity index is 137. The van der Waals surface area contributed by atoms with Crippen LogP contribution in [0.5, 0.6) is 0 Å².